The van der Waals surface area contributed by atoms with E-state index in [4.69, 9.17) is 4.74 Å². The fourth-order valence-electron chi connectivity index (χ4n) is 1.60. The second-order valence-electron chi connectivity index (χ2n) is 3.22. The number of likely N-dealkylation sites (tertiary alicyclic amines) is 1. The van der Waals surface area contributed by atoms with E-state index in [0.717, 1.165) is 26.1 Å². The van der Waals surface area contributed by atoms with Crippen LogP contribution in [0.15, 0.2) is 0 Å². The van der Waals surface area contributed by atoms with Crippen molar-refractivity contribution in [2.45, 2.75) is 19.4 Å². The fraction of sp³-hybridized carbons (Fsp3) is 0.889. The maximum absolute atomic E-state index is 11.6. The molecule has 1 fully saturated rings. The third-order valence-electron chi connectivity index (χ3n) is 2.31. The maximum atomic E-state index is 11.6. The zero-order valence-electron chi connectivity index (χ0n) is 8.38. The first kappa shape index (κ1) is 10.5. The van der Waals surface area contributed by atoms with Gasteiger partial charge in [0.1, 0.15) is 0 Å². The number of likely N-dealkylation sites (N-methyl/N-ethyl adjacent to an activating group) is 1. The molecule has 76 valence electrons. The summed E-state index contributed by atoms with van der Waals surface area (Å²) in [5.41, 5.74) is 0. The van der Waals surface area contributed by atoms with Crippen molar-refractivity contribution in [1.29, 1.82) is 0 Å². The molecule has 0 bridgehead atoms. The van der Waals surface area contributed by atoms with E-state index in [1.54, 1.807) is 7.11 Å². The molecule has 0 saturated carbocycles. The zero-order valence-corrected chi connectivity index (χ0v) is 8.38. The van der Waals surface area contributed by atoms with Crippen LogP contribution in [0.1, 0.15) is 13.3 Å². The first-order valence-electron chi connectivity index (χ1n) is 4.80. The van der Waals surface area contributed by atoms with Gasteiger partial charge in [0.15, 0.2) is 0 Å². The van der Waals surface area contributed by atoms with Gasteiger partial charge in [-0.15, -0.1) is 0 Å². The minimum Gasteiger partial charge on any atom is -0.383 e. The van der Waals surface area contributed by atoms with Crippen molar-refractivity contribution < 1.29 is 9.53 Å². The van der Waals surface area contributed by atoms with Crippen LogP contribution in [0.2, 0.25) is 0 Å². The summed E-state index contributed by atoms with van der Waals surface area (Å²) >= 11 is 0. The van der Waals surface area contributed by atoms with Crippen LogP contribution in [0.3, 0.4) is 0 Å². The van der Waals surface area contributed by atoms with E-state index in [9.17, 15) is 4.79 Å². The lowest BCUT2D eigenvalue weighted by Crippen LogP contribution is -2.39. The van der Waals surface area contributed by atoms with E-state index < -0.39 is 0 Å². The van der Waals surface area contributed by atoms with Gasteiger partial charge < -0.3 is 15.0 Å². The van der Waals surface area contributed by atoms with Gasteiger partial charge in [0.2, 0.25) is 5.91 Å². The molecule has 0 aromatic heterocycles. The van der Waals surface area contributed by atoms with Gasteiger partial charge in [-0.05, 0) is 13.0 Å². The van der Waals surface area contributed by atoms with Crippen LogP contribution in [-0.4, -0.2) is 50.2 Å². The fourth-order valence-corrected chi connectivity index (χ4v) is 1.60. The Labute approximate surface area is 79.2 Å². The van der Waals surface area contributed by atoms with E-state index in [0.29, 0.717) is 6.61 Å². The Hall–Kier alpha value is -0.610. The molecule has 4 heteroatoms. The summed E-state index contributed by atoms with van der Waals surface area (Å²) in [6.07, 6.45) is 0.927. The summed E-state index contributed by atoms with van der Waals surface area (Å²) in [6, 6.07) is 0.0434. The molecule has 13 heavy (non-hydrogen) atoms. The van der Waals surface area contributed by atoms with Crippen LogP contribution in [0.5, 0.6) is 0 Å². The highest BCUT2D eigenvalue weighted by molar-refractivity contribution is 5.83. The van der Waals surface area contributed by atoms with Gasteiger partial charge in [0, 0.05) is 20.2 Å². The van der Waals surface area contributed by atoms with E-state index in [-0.39, 0.29) is 11.9 Å². The van der Waals surface area contributed by atoms with Crippen molar-refractivity contribution in [1.82, 2.24) is 10.2 Å². The number of nitrogens with one attached hydrogen (secondary N) is 1. The monoisotopic (exact) mass is 186 g/mol. The molecule has 1 rings (SSSR count). The van der Waals surface area contributed by atoms with Gasteiger partial charge in [0.05, 0.1) is 12.6 Å². The van der Waals surface area contributed by atoms with Crippen molar-refractivity contribution in [3.8, 4) is 0 Å². The quantitative estimate of drug-likeness (QED) is 0.649. The third-order valence-corrected chi connectivity index (χ3v) is 2.31. The highest BCUT2D eigenvalue weighted by atomic mass is 16.5. The number of ether oxygens (including phenoxy) is 1. The molecule has 0 radical (unpaired) electrons. The molecule has 1 N–H and O–H groups in total. The molecule has 4 nitrogen and oxygen atoms in total. The first-order chi connectivity index (χ1) is 6.29. The molecule has 1 amide bonds. The Bertz CT molecular complexity index is 173. The lowest BCUT2D eigenvalue weighted by atomic mass is 10.2. The van der Waals surface area contributed by atoms with Crippen molar-refractivity contribution >= 4 is 5.91 Å². The molecule has 1 unspecified atom stereocenters. The summed E-state index contributed by atoms with van der Waals surface area (Å²) in [6.45, 7) is 5.08. The van der Waals surface area contributed by atoms with Crippen molar-refractivity contribution in [2.75, 3.05) is 33.4 Å². The molecular formula is C9H18N2O2. The predicted molar refractivity (Wildman–Crippen MR) is 50.5 cm³/mol. The van der Waals surface area contributed by atoms with E-state index in [1.807, 2.05) is 11.8 Å². The second kappa shape index (κ2) is 5.19. The van der Waals surface area contributed by atoms with Crippen LogP contribution >= 0.6 is 0 Å². The highest BCUT2D eigenvalue weighted by Crippen LogP contribution is 2.10. The lowest BCUT2D eigenvalue weighted by molar-refractivity contribution is -0.129. The van der Waals surface area contributed by atoms with E-state index in [1.165, 1.54) is 0 Å². The number of hydrogen-bond donors (Lipinski definition) is 1. The zero-order chi connectivity index (χ0) is 9.68. The van der Waals surface area contributed by atoms with Gasteiger partial charge in [-0.25, -0.2) is 0 Å². The molecule has 1 aliphatic rings. The SMILES string of the molecule is CCNC1CCN(CCOC)C1=O. The molecule has 0 aromatic carbocycles. The molecular weight excluding hydrogens is 168 g/mol. The second-order valence-corrected chi connectivity index (χ2v) is 3.22. The van der Waals surface area contributed by atoms with Crippen LogP contribution in [0, 0.1) is 0 Å². The number of carbonyl (C=O) groups excluding carboxylic acids is 1. The van der Waals surface area contributed by atoms with Crippen LogP contribution < -0.4 is 5.32 Å². The van der Waals surface area contributed by atoms with E-state index >= 15 is 0 Å². The topological polar surface area (TPSA) is 41.6 Å². The van der Waals surface area contributed by atoms with E-state index in [2.05, 4.69) is 5.32 Å². The summed E-state index contributed by atoms with van der Waals surface area (Å²) in [7, 11) is 1.66. The Morgan fingerprint density at radius 3 is 3.08 bits per heavy atom. The van der Waals surface area contributed by atoms with Gasteiger partial charge >= 0.3 is 0 Å². The Morgan fingerprint density at radius 1 is 1.69 bits per heavy atom. The van der Waals surface area contributed by atoms with Gasteiger partial charge in [0.25, 0.3) is 0 Å². The van der Waals surface area contributed by atoms with Crippen molar-refractivity contribution in [2.24, 2.45) is 0 Å². The van der Waals surface area contributed by atoms with Crippen LogP contribution in [-0.2, 0) is 9.53 Å². The number of carbonyl (C=O) groups is 1. The van der Waals surface area contributed by atoms with Crippen LogP contribution in [0.4, 0.5) is 0 Å². The Kier molecular flexibility index (Phi) is 4.18. The smallest absolute Gasteiger partial charge is 0.239 e. The number of hydrogen-bond acceptors (Lipinski definition) is 3. The van der Waals surface area contributed by atoms with Crippen molar-refractivity contribution in [3.05, 3.63) is 0 Å². The van der Waals surface area contributed by atoms with Gasteiger partial charge in [-0.1, -0.05) is 6.92 Å². The molecule has 0 aliphatic carbocycles. The van der Waals surface area contributed by atoms with Crippen LogP contribution in [0.25, 0.3) is 0 Å². The van der Waals surface area contributed by atoms with Gasteiger partial charge in [-0.2, -0.15) is 0 Å². The normalized spacial score (nSPS) is 22.8. The number of methoxy groups -OCH3 is 1. The Balaban J connectivity index is 2.32. The molecule has 1 saturated heterocycles. The third kappa shape index (κ3) is 2.67. The van der Waals surface area contributed by atoms with Crippen molar-refractivity contribution in [3.63, 3.8) is 0 Å². The first-order valence-corrected chi connectivity index (χ1v) is 4.80. The average Bonchev–Trinajstić information content (AvgIpc) is 2.46. The minimum absolute atomic E-state index is 0.0434. The predicted octanol–water partition coefficient (Wildman–Crippen LogP) is -0.157. The molecule has 0 spiro atoms. The summed E-state index contributed by atoms with van der Waals surface area (Å²) in [5.74, 6) is 0.221. The summed E-state index contributed by atoms with van der Waals surface area (Å²) < 4.78 is 4.93. The molecule has 1 heterocycles. The largest absolute Gasteiger partial charge is 0.383 e. The summed E-state index contributed by atoms with van der Waals surface area (Å²) in [5, 5.41) is 3.17. The molecule has 1 atom stereocenters. The minimum atomic E-state index is 0.0434. The standard InChI is InChI=1S/C9H18N2O2/c1-3-10-8-4-5-11(9(8)12)6-7-13-2/h8,10H,3-7H2,1-2H3. The molecule has 1 aliphatic heterocycles. The lowest BCUT2D eigenvalue weighted by Gasteiger charge is -2.15. The summed E-state index contributed by atoms with van der Waals surface area (Å²) in [4.78, 5) is 13.5. The average molecular weight is 186 g/mol. The molecule has 0 aromatic rings. The van der Waals surface area contributed by atoms with Gasteiger partial charge in [-0.3, -0.25) is 4.79 Å². The number of rotatable bonds is 5. The number of nitrogens with zero attached hydrogens (tertiary/aromatic N) is 1. The number of amides is 1. The maximum Gasteiger partial charge on any atom is 0.239 e. The Morgan fingerprint density at radius 2 is 2.46 bits per heavy atom. The highest BCUT2D eigenvalue weighted by Gasteiger charge is 2.29.